The van der Waals surface area contributed by atoms with Gasteiger partial charge in [0, 0.05) is 29.6 Å². The van der Waals surface area contributed by atoms with Crippen molar-refractivity contribution in [2.45, 2.75) is 32.2 Å². The average molecular weight is 392 g/mol. The van der Waals surface area contributed by atoms with Gasteiger partial charge in [-0.3, -0.25) is 15.0 Å². The molecule has 0 saturated carbocycles. The predicted octanol–water partition coefficient (Wildman–Crippen LogP) is 4.97. The molecule has 1 amide bonds. The van der Waals surface area contributed by atoms with Crippen molar-refractivity contribution in [3.05, 3.63) is 82.4 Å². The molecule has 1 aliphatic rings. The number of rotatable bonds is 6. The summed E-state index contributed by atoms with van der Waals surface area (Å²) in [5.41, 5.74) is 3.17. The number of benzene rings is 2. The Morgan fingerprint density at radius 2 is 1.71 bits per heavy atom. The van der Waals surface area contributed by atoms with Crippen molar-refractivity contribution in [3.8, 4) is 0 Å². The summed E-state index contributed by atoms with van der Waals surface area (Å²) in [5.74, 6) is -0.106. The Balaban J connectivity index is 1.33. The number of hydrogen-bond acceptors (Lipinski definition) is 4. The van der Waals surface area contributed by atoms with Crippen LogP contribution in [0, 0.1) is 0 Å². The first kappa shape index (κ1) is 18.8. The van der Waals surface area contributed by atoms with Gasteiger partial charge in [-0.15, -0.1) is 11.3 Å². The third-order valence-corrected chi connectivity index (χ3v) is 5.98. The lowest BCUT2D eigenvalue weighted by Crippen LogP contribution is -2.29. The highest BCUT2D eigenvalue weighted by atomic mass is 32.1. The van der Waals surface area contributed by atoms with Crippen molar-refractivity contribution in [1.82, 2.24) is 9.88 Å². The van der Waals surface area contributed by atoms with Crippen LogP contribution < -0.4 is 5.32 Å². The highest BCUT2D eigenvalue weighted by molar-refractivity contribution is 7.15. The normalized spacial score (nSPS) is 14.7. The number of anilines is 1. The Labute approximate surface area is 170 Å². The molecule has 0 aliphatic carbocycles. The summed E-state index contributed by atoms with van der Waals surface area (Å²) < 4.78 is 0. The molecule has 0 unspecified atom stereocenters. The molecule has 28 heavy (non-hydrogen) atoms. The Kier molecular flexibility index (Phi) is 6.14. The molecule has 4 nitrogen and oxygen atoms in total. The summed E-state index contributed by atoms with van der Waals surface area (Å²) in [5, 5.41) is 3.57. The maximum atomic E-state index is 12.5. The fourth-order valence-corrected chi connectivity index (χ4v) is 4.39. The third-order valence-electron chi connectivity index (χ3n) is 5.07. The second kappa shape index (κ2) is 9.13. The van der Waals surface area contributed by atoms with E-state index in [4.69, 9.17) is 0 Å². The van der Waals surface area contributed by atoms with Crippen LogP contribution in [0.4, 0.5) is 5.13 Å². The smallest absolute Gasteiger partial charge is 0.257 e. The summed E-state index contributed by atoms with van der Waals surface area (Å²) in [6.45, 7) is 3.33. The number of aromatic nitrogens is 1. The Morgan fingerprint density at radius 3 is 2.46 bits per heavy atom. The Hall–Kier alpha value is -2.50. The molecule has 1 fully saturated rings. The summed E-state index contributed by atoms with van der Waals surface area (Å²) >= 11 is 1.53. The van der Waals surface area contributed by atoms with Crippen molar-refractivity contribution < 1.29 is 4.79 Å². The van der Waals surface area contributed by atoms with Gasteiger partial charge in [0.2, 0.25) is 0 Å². The van der Waals surface area contributed by atoms with Gasteiger partial charge in [0.25, 0.3) is 5.91 Å². The van der Waals surface area contributed by atoms with Crippen molar-refractivity contribution in [2.24, 2.45) is 0 Å². The molecule has 4 rings (SSSR count). The first-order valence-electron chi connectivity index (χ1n) is 9.87. The van der Waals surface area contributed by atoms with Gasteiger partial charge in [-0.1, -0.05) is 48.9 Å². The van der Waals surface area contributed by atoms with Crippen molar-refractivity contribution >= 4 is 22.4 Å². The Morgan fingerprint density at radius 1 is 0.964 bits per heavy atom. The number of hydrogen-bond donors (Lipinski definition) is 1. The van der Waals surface area contributed by atoms with E-state index < -0.39 is 0 Å². The first-order valence-corrected chi connectivity index (χ1v) is 10.7. The van der Waals surface area contributed by atoms with E-state index in [0.29, 0.717) is 10.7 Å². The van der Waals surface area contributed by atoms with Crippen LogP contribution in [0.2, 0.25) is 0 Å². The number of amides is 1. The van der Waals surface area contributed by atoms with Crippen LogP contribution in [0.1, 0.15) is 45.6 Å². The summed E-state index contributed by atoms with van der Waals surface area (Å²) in [4.78, 5) is 20.5. The maximum Gasteiger partial charge on any atom is 0.257 e. The molecule has 1 N–H and O–H groups in total. The number of piperidine rings is 1. The minimum Gasteiger partial charge on any atom is -0.299 e. The molecular formula is C23H25N3OS. The van der Waals surface area contributed by atoms with Gasteiger partial charge in [-0.05, 0) is 49.2 Å². The summed E-state index contributed by atoms with van der Waals surface area (Å²) in [7, 11) is 0. The van der Waals surface area contributed by atoms with E-state index in [1.807, 2.05) is 36.5 Å². The number of carbonyl (C=O) groups is 1. The van der Waals surface area contributed by atoms with E-state index >= 15 is 0 Å². The number of nitrogens with zero attached hydrogens (tertiary/aromatic N) is 2. The van der Waals surface area contributed by atoms with E-state index in [0.717, 1.165) is 17.8 Å². The first-order chi connectivity index (χ1) is 13.8. The zero-order chi connectivity index (χ0) is 19.2. The molecule has 0 atom stereocenters. The zero-order valence-electron chi connectivity index (χ0n) is 15.9. The van der Waals surface area contributed by atoms with Gasteiger partial charge in [-0.2, -0.15) is 0 Å². The van der Waals surface area contributed by atoms with Crippen molar-refractivity contribution in [1.29, 1.82) is 0 Å². The monoisotopic (exact) mass is 391 g/mol. The van der Waals surface area contributed by atoms with Crippen LogP contribution in [0.3, 0.4) is 0 Å². The minimum absolute atomic E-state index is 0.106. The molecule has 0 radical (unpaired) electrons. The fraction of sp³-hybridized carbons (Fsp3) is 0.304. The molecule has 0 spiro atoms. The number of likely N-dealkylation sites (tertiary alicyclic amines) is 1. The van der Waals surface area contributed by atoms with Crippen molar-refractivity contribution in [3.63, 3.8) is 0 Å². The molecule has 0 bridgehead atoms. The molecular weight excluding hydrogens is 366 g/mol. The number of nitrogens with one attached hydrogen (secondary N) is 1. The zero-order valence-corrected chi connectivity index (χ0v) is 16.8. The van der Waals surface area contributed by atoms with E-state index in [1.54, 1.807) is 0 Å². The quantitative estimate of drug-likeness (QED) is 0.645. The lowest BCUT2D eigenvalue weighted by Gasteiger charge is -2.26. The van der Waals surface area contributed by atoms with Crippen molar-refractivity contribution in [2.75, 3.05) is 18.4 Å². The number of carbonyl (C=O) groups excluding carboxylic acids is 1. The maximum absolute atomic E-state index is 12.5. The topological polar surface area (TPSA) is 45.2 Å². The van der Waals surface area contributed by atoms with Gasteiger partial charge in [0.15, 0.2) is 5.13 Å². The Bertz CT molecular complexity index is 899. The van der Waals surface area contributed by atoms with Crippen LogP contribution in [0.25, 0.3) is 0 Å². The molecule has 5 heteroatoms. The predicted molar refractivity (Wildman–Crippen MR) is 115 cm³/mol. The molecule has 1 aliphatic heterocycles. The van der Waals surface area contributed by atoms with E-state index in [-0.39, 0.29) is 5.91 Å². The lowest BCUT2D eigenvalue weighted by molar-refractivity contribution is 0.102. The molecule has 1 aromatic heterocycles. The summed E-state index contributed by atoms with van der Waals surface area (Å²) in [6.07, 6.45) is 6.61. The van der Waals surface area contributed by atoms with Gasteiger partial charge >= 0.3 is 0 Å². The van der Waals surface area contributed by atoms with Gasteiger partial charge in [-0.25, -0.2) is 4.98 Å². The van der Waals surface area contributed by atoms with Crippen LogP contribution in [0.5, 0.6) is 0 Å². The standard InChI is InChI=1S/C23H25N3OS/c27-22(20-11-9-19(10-12-20)17-26-13-5-2-6-14-26)25-23-24-16-21(28-23)15-18-7-3-1-4-8-18/h1,3-4,7-12,16H,2,5-6,13-15,17H2,(H,24,25,27). The SMILES string of the molecule is O=C(Nc1ncc(Cc2ccccc2)s1)c1ccc(CN2CCCCC2)cc1. The fourth-order valence-electron chi connectivity index (χ4n) is 3.55. The highest BCUT2D eigenvalue weighted by Crippen LogP contribution is 2.22. The molecule has 2 aromatic carbocycles. The number of thiazole rings is 1. The second-order valence-electron chi connectivity index (χ2n) is 7.28. The van der Waals surface area contributed by atoms with Crippen LogP contribution >= 0.6 is 11.3 Å². The largest absolute Gasteiger partial charge is 0.299 e. The highest BCUT2D eigenvalue weighted by Gasteiger charge is 2.12. The van der Waals surface area contributed by atoms with E-state index in [1.165, 1.54) is 54.8 Å². The van der Waals surface area contributed by atoms with Crippen LogP contribution in [0.15, 0.2) is 60.8 Å². The minimum atomic E-state index is -0.106. The van der Waals surface area contributed by atoms with Crippen LogP contribution in [-0.2, 0) is 13.0 Å². The average Bonchev–Trinajstić information content (AvgIpc) is 3.17. The van der Waals surface area contributed by atoms with E-state index in [9.17, 15) is 4.79 Å². The molecule has 2 heterocycles. The molecule has 144 valence electrons. The summed E-state index contributed by atoms with van der Waals surface area (Å²) in [6, 6.07) is 18.2. The molecule has 1 saturated heterocycles. The van der Waals surface area contributed by atoms with Gasteiger partial charge < -0.3 is 0 Å². The van der Waals surface area contributed by atoms with Gasteiger partial charge in [0.05, 0.1) is 0 Å². The van der Waals surface area contributed by atoms with E-state index in [2.05, 4.69) is 39.5 Å². The lowest BCUT2D eigenvalue weighted by atomic mass is 10.1. The van der Waals surface area contributed by atoms with Crippen LogP contribution in [-0.4, -0.2) is 28.9 Å². The molecule has 3 aromatic rings. The third kappa shape index (κ3) is 5.06. The second-order valence-corrected chi connectivity index (χ2v) is 8.40. The van der Waals surface area contributed by atoms with Gasteiger partial charge in [0.1, 0.15) is 0 Å².